The van der Waals surface area contributed by atoms with Crippen molar-refractivity contribution in [2.24, 2.45) is 0 Å². The van der Waals surface area contributed by atoms with Gasteiger partial charge in [0.15, 0.2) is 11.5 Å². The molecule has 2 N–H and O–H groups in total. The standard InChI is InChI=1S/C25H27FN2O6/c1-33-20-15-17(5-8-19(20)29)22-21(23(30)16-3-6-18(26)7-4-16)24(31)25(32)28(22)10-2-9-27-11-13-34-14-12-27/h3-8,15,22,29-30H,2,9-14H2,1H3/b23-21-. The van der Waals surface area contributed by atoms with E-state index in [0.717, 1.165) is 19.6 Å². The first-order valence-electron chi connectivity index (χ1n) is 11.1. The number of hydrogen-bond acceptors (Lipinski definition) is 7. The average Bonchev–Trinajstić information content (AvgIpc) is 3.10. The van der Waals surface area contributed by atoms with Gasteiger partial charge in [0.2, 0.25) is 0 Å². The highest BCUT2D eigenvalue weighted by Gasteiger charge is 2.46. The van der Waals surface area contributed by atoms with Crippen molar-refractivity contribution in [2.45, 2.75) is 12.5 Å². The lowest BCUT2D eigenvalue weighted by Gasteiger charge is -2.29. The van der Waals surface area contributed by atoms with Crippen LogP contribution in [0.4, 0.5) is 4.39 Å². The molecule has 34 heavy (non-hydrogen) atoms. The number of ether oxygens (including phenoxy) is 2. The van der Waals surface area contributed by atoms with Crippen molar-refractivity contribution in [3.63, 3.8) is 0 Å². The second-order valence-electron chi connectivity index (χ2n) is 8.24. The predicted octanol–water partition coefficient (Wildman–Crippen LogP) is 2.68. The van der Waals surface area contributed by atoms with Gasteiger partial charge in [0.1, 0.15) is 11.6 Å². The Kier molecular flexibility index (Phi) is 7.14. The fourth-order valence-electron chi connectivity index (χ4n) is 4.37. The van der Waals surface area contributed by atoms with E-state index in [9.17, 15) is 24.2 Å². The van der Waals surface area contributed by atoms with Crippen LogP contribution in [0.15, 0.2) is 48.0 Å². The molecular weight excluding hydrogens is 443 g/mol. The van der Waals surface area contributed by atoms with Crippen LogP contribution in [0.2, 0.25) is 0 Å². The number of Topliss-reactive ketones (excluding diaryl/α,β-unsaturated/α-hetero) is 1. The minimum atomic E-state index is -0.885. The molecule has 0 aromatic heterocycles. The number of aromatic hydroxyl groups is 1. The van der Waals surface area contributed by atoms with Gasteiger partial charge in [-0.05, 0) is 48.4 Å². The Labute approximate surface area is 196 Å². The van der Waals surface area contributed by atoms with E-state index in [1.165, 1.54) is 42.3 Å². The molecule has 2 aliphatic heterocycles. The normalized spacial score (nSPS) is 20.6. The summed E-state index contributed by atoms with van der Waals surface area (Å²) < 4.78 is 24.0. The maximum Gasteiger partial charge on any atom is 0.295 e. The lowest BCUT2D eigenvalue weighted by molar-refractivity contribution is -0.140. The quantitative estimate of drug-likeness (QED) is 0.365. The van der Waals surface area contributed by atoms with Crippen LogP contribution < -0.4 is 4.74 Å². The van der Waals surface area contributed by atoms with Crippen molar-refractivity contribution in [2.75, 3.05) is 46.5 Å². The summed E-state index contributed by atoms with van der Waals surface area (Å²) in [5, 5.41) is 21.0. The minimum Gasteiger partial charge on any atom is -0.507 e. The maximum absolute atomic E-state index is 13.4. The summed E-state index contributed by atoms with van der Waals surface area (Å²) in [4.78, 5) is 29.8. The predicted molar refractivity (Wildman–Crippen MR) is 122 cm³/mol. The van der Waals surface area contributed by atoms with Crippen molar-refractivity contribution in [3.8, 4) is 11.5 Å². The third-order valence-corrected chi connectivity index (χ3v) is 6.15. The number of phenolic OH excluding ortho intramolecular Hbond substituents is 1. The number of hydrogen-bond donors (Lipinski definition) is 2. The zero-order valence-electron chi connectivity index (χ0n) is 18.9. The number of nitrogens with zero attached hydrogens (tertiary/aromatic N) is 2. The fourth-order valence-corrected chi connectivity index (χ4v) is 4.37. The van der Waals surface area contributed by atoms with E-state index in [0.29, 0.717) is 25.2 Å². The van der Waals surface area contributed by atoms with E-state index < -0.39 is 23.5 Å². The van der Waals surface area contributed by atoms with Gasteiger partial charge in [0.05, 0.1) is 31.9 Å². The number of benzene rings is 2. The number of ketones is 1. The van der Waals surface area contributed by atoms with Gasteiger partial charge < -0.3 is 24.6 Å². The van der Waals surface area contributed by atoms with E-state index in [1.807, 2.05) is 0 Å². The molecule has 1 unspecified atom stereocenters. The summed E-state index contributed by atoms with van der Waals surface area (Å²) in [5.74, 6) is -2.31. The lowest BCUT2D eigenvalue weighted by Crippen LogP contribution is -2.38. The van der Waals surface area contributed by atoms with Crippen LogP contribution in [0.3, 0.4) is 0 Å². The molecule has 2 heterocycles. The SMILES string of the molecule is COc1cc(C2/C(=C(/O)c3ccc(F)cc3)C(=O)C(=O)N2CCCN2CCOCC2)ccc1O. The number of aliphatic hydroxyl groups excluding tert-OH is 1. The van der Waals surface area contributed by atoms with Gasteiger partial charge in [0.25, 0.3) is 11.7 Å². The highest BCUT2D eigenvalue weighted by Crippen LogP contribution is 2.41. The molecule has 9 heteroatoms. The Morgan fingerprint density at radius 2 is 1.82 bits per heavy atom. The summed E-state index contributed by atoms with van der Waals surface area (Å²) in [5.41, 5.74) is 0.642. The van der Waals surface area contributed by atoms with Gasteiger partial charge in [-0.25, -0.2) is 4.39 Å². The van der Waals surface area contributed by atoms with Crippen LogP contribution in [-0.2, 0) is 14.3 Å². The van der Waals surface area contributed by atoms with Crippen LogP contribution in [0.1, 0.15) is 23.6 Å². The summed E-state index contributed by atoms with van der Waals surface area (Å²) in [6.07, 6.45) is 0.620. The number of carbonyl (C=O) groups excluding carboxylic acids is 2. The van der Waals surface area contributed by atoms with Crippen molar-refractivity contribution in [3.05, 3.63) is 65.0 Å². The van der Waals surface area contributed by atoms with E-state index >= 15 is 0 Å². The molecule has 1 amide bonds. The van der Waals surface area contributed by atoms with E-state index in [2.05, 4.69) is 4.90 Å². The smallest absolute Gasteiger partial charge is 0.295 e. The first-order valence-corrected chi connectivity index (χ1v) is 11.1. The number of halogens is 1. The van der Waals surface area contributed by atoms with Crippen LogP contribution in [0, 0.1) is 5.82 Å². The molecule has 8 nitrogen and oxygen atoms in total. The summed E-state index contributed by atoms with van der Waals surface area (Å²) in [6, 6.07) is 8.71. The second-order valence-corrected chi connectivity index (χ2v) is 8.24. The first kappa shape index (κ1) is 23.7. The summed E-state index contributed by atoms with van der Waals surface area (Å²) >= 11 is 0. The summed E-state index contributed by atoms with van der Waals surface area (Å²) in [6.45, 7) is 3.96. The Hall–Kier alpha value is -3.43. The highest BCUT2D eigenvalue weighted by molar-refractivity contribution is 6.46. The monoisotopic (exact) mass is 470 g/mol. The number of rotatable bonds is 7. The average molecular weight is 470 g/mol. The molecule has 2 saturated heterocycles. The van der Waals surface area contributed by atoms with Gasteiger partial charge in [-0.3, -0.25) is 14.5 Å². The van der Waals surface area contributed by atoms with Crippen molar-refractivity contribution < 1.29 is 33.7 Å². The fraction of sp³-hybridized carbons (Fsp3) is 0.360. The van der Waals surface area contributed by atoms with Gasteiger partial charge in [-0.15, -0.1) is 0 Å². The van der Waals surface area contributed by atoms with Gasteiger partial charge >= 0.3 is 0 Å². The molecule has 2 aliphatic rings. The Morgan fingerprint density at radius 3 is 2.50 bits per heavy atom. The second kappa shape index (κ2) is 10.2. The lowest BCUT2D eigenvalue weighted by atomic mass is 9.95. The van der Waals surface area contributed by atoms with Crippen LogP contribution in [0.25, 0.3) is 5.76 Å². The molecule has 180 valence electrons. The molecule has 2 fully saturated rings. The third kappa shape index (κ3) is 4.76. The van der Waals surface area contributed by atoms with E-state index in [-0.39, 0.29) is 34.9 Å². The molecule has 2 aromatic rings. The third-order valence-electron chi connectivity index (χ3n) is 6.15. The van der Waals surface area contributed by atoms with Crippen molar-refractivity contribution in [1.82, 2.24) is 9.80 Å². The number of methoxy groups -OCH3 is 1. The number of likely N-dealkylation sites (tertiary alicyclic amines) is 1. The zero-order valence-corrected chi connectivity index (χ0v) is 18.9. The molecule has 1 atom stereocenters. The number of carbonyl (C=O) groups is 2. The topological polar surface area (TPSA) is 99.5 Å². The molecule has 0 saturated carbocycles. The van der Waals surface area contributed by atoms with Crippen molar-refractivity contribution in [1.29, 1.82) is 0 Å². The van der Waals surface area contributed by atoms with E-state index in [4.69, 9.17) is 9.47 Å². The number of amides is 1. The van der Waals surface area contributed by atoms with E-state index in [1.54, 1.807) is 12.1 Å². The minimum absolute atomic E-state index is 0.0873. The largest absolute Gasteiger partial charge is 0.507 e. The Bertz CT molecular complexity index is 1100. The summed E-state index contributed by atoms with van der Waals surface area (Å²) in [7, 11) is 1.40. The number of phenols is 1. The molecule has 0 radical (unpaired) electrons. The molecule has 2 aromatic carbocycles. The van der Waals surface area contributed by atoms with Crippen LogP contribution >= 0.6 is 0 Å². The first-order chi connectivity index (χ1) is 16.4. The Morgan fingerprint density at radius 1 is 1.12 bits per heavy atom. The van der Waals surface area contributed by atoms with Crippen LogP contribution in [0.5, 0.6) is 11.5 Å². The maximum atomic E-state index is 13.4. The molecule has 0 aliphatic carbocycles. The Balaban J connectivity index is 1.70. The number of aliphatic hydroxyl groups is 1. The highest BCUT2D eigenvalue weighted by atomic mass is 19.1. The molecule has 4 rings (SSSR count). The van der Waals surface area contributed by atoms with Crippen molar-refractivity contribution >= 4 is 17.4 Å². The van der Waals surface area contributed by atoms with Gasteiger partial charge in [-0.1, -0.05) is 6.07 Å². The molecule has 0 spiro atoms. The zero-order chi connectivity index (χ0) is 24.2. The molecule has 0 bridgehead atoms. The van der Waals surface area contributed by atoms with Crippen LogP contribution in [-0.4, -0.2) is 78.2 Å². The van der Waals surface area contributed by atoms with Gasteiger partial charge in [0, 0.05) is 31.7 Å². The molecular formula is C25H27FN2O6. The van der Waals surface area contributed by atoms with Gasteiger partial charge in [-0.2, -0.15) is 0 Å². The number of morpholine rings is 1.